The Kier molecular flexibility index (Phi) is 3.62. The van der Waals surface area contributed by atoms with Gasteiger partial charge < -0.3 is 19.3 Å². The lowest BCUT2D eigenvalue weighted by Crippen LogP contribution is -2.22. The van der Waals surface area contributed by atoms with Gasteiger partial charge in [-0.05, 0) is 43.7 Å². The number of hydrogen-bond donors (Lipinski definition) is 3. The van der Waals surface area contributed by atoms with Gasteiger partial charge in [-0.25, -0.2) is 9.59 Å². The first-order valence-corrected chi connectivity index (χ1v) is 8.05. The monoisotopic (exact) mass is 366 g/mol. The molecule has 0 saturated carbocycles. The van der Waals surface area contributed by atoms with Crippen LogP contribution in [0, 0.1) is 13.8 Å². The highest BCUT2D eigenvalue weighted by Gasteiger charge is 2.23. The van der Waals surface area contributed by atoms with E-state index in [1.54, 1.807) is 31.2 Å². The number of amides is 3. The maximum absolute atomic E-state index is 11.9. The van der Waals surface area contributed by atoms with Crippen LogP contribution in [0.2, 0.25) is 0 Å². The number of aromatic hydroxyl groups is 1. The summed E-state index contributed by atoms with van der Waals surface area (Å²) in [4.78, 5) is 34.7. The molecule has 27 heavy (non-hydrogen) atoms. The second-order valence-corrected chi connectivity index (χ2v) is 6.19. The first-order valence-electron chi connectivity index (χ1n) is 8.05. The van der Waals surface area contributed by atoms with Crippen LogP contribution in [0.4, 0.5) is 4.79 Å². The molecule has 1 fully saturated rings. The molecule has 1 saturated heterocycles. The zero-order chi connectivity index (χ0) is 19.3. The smallest absolute Gasteiger partial charge is 0.343 e. The number of benzene rings is 1. The summed E-state index contributed by atoms with van der Waals surface area (Å²) in [5, 5.41) is 15.3. The van der Waals surface area contributed by atoms with Crippen molar-refractivity contribution >= 4 is 29.0 Å². The standard InChI is InChI=1S/C19H14N2O6/c1-8-15(22)9(2)18(24)27-16(8)14-7-11-5-10(3-4-13(11)26-14)6-12-17(23)21-19(25)20-12/h3-7,22H,1-2H3,(H2,20,21,23,25). The number of nitrogens with one attached hydrogen (secondary N) is 2. The molecule has 136 valence electrons. The normalized spacial score (nSPS) is 15.4. The fraction of sp³-hybridized carbons (Fsp3) is 0.105. The molecule has 0 unspecified atom stereocenters. The Morgan fingerprint density at radius 2 is 1.78 bits per heavy atom. The lowest BCUT2D eigenvalue weighted by atomic mass is 10.1. The van der Waals surface area contributed by atoms with Gasteiger partial charge in [0.2, 0.25) is 0 Å². The number of carbonyl (C=O) groups excluding carboxylic acids is 2. The van der Waals surface area contributed by atoms with E-state index in [-0.39, 0.29) is 22.8 Å². The minimum atomic E-state index is -0.637. The van der Waals surface area contributed by atoms with Gasteiger partial charge in [-0.1, -0.05) is 6.07 Å². The molecular weight excluding hydrogens is 352 g/mol. The van der Waals surface area contributed by atoms with Crippen molar-refractivity contribution < 1.29 is 23.5 Å². The molecule has 0 aliphatic carbocycles. The SMILES string of the molecule is Cc1c(-c2cc3cc(C=C4NC(=O)NC4=O)ccc3o2)oc(=O)c(C)c1O. The Morgan fingerprint density at radius 3 is 2.48 bits per heavy atom. The lowest BCUT2D eigenvalue weighted by molar-refractivity contribution is -0.115. The first kappa shape index (κ1) is 16.6. The van der Waals surface area contributed by atoms with Gasteiger partial charge in [-0.15, -0.1) is 0 Å². The Morgan fingerprint density at radius 1 is 1.00 bits per heavy atom. The minimum Gasteiger partial charge on any atom is -0.507 e. The number of hydrogen-bond acceptors (Lipinski definition) is 6. The summed E-state index contributed by atoms with van der Waals surface area (Å²) in [5.41, 5.74) is 1.26. The lowest BCUT2D eigenvalue weighted by Gasteiger charge is -2.05. The Labute approximate surface area is 152 Å². The average Bonchev–Trinajstić information content (AvgIpc) is 3.18. The van der Waals surface area contributed by atoms with Crippen LogP contribution in [0.25, 0.3) is 28.6 Å². The quantitative estimate of drug-likeness (QED) is 0.473. The van der Waals surface area contributed by atoms with Gasteiger partial charge in [0.15, 0.2) is 11.5 Å². The zero-order valence-electron chi connectivity index (χ0n) is 14.4. The molecule has 0 atom stereocenters. The number of rotatable bonds is 2. The minimum absolute atomic E-state index is 0.130. The topological polar surface area (TPSA) is 122 Å². The van der Waals surface area contributed by atoms with E-state index in [2.05, 4.69) is 10.6 Å². The average molecular weight is 366 g/mol. The van der Waals surface area contributed by atoms with E-state index >= 15 is 0 Å². The van der Waals surface area contributed by atoms with Gasteiger partial charge in [0, 0.05) is 10.9 Å². The van der Waals surface area contributed by atoms with Crippen LogP contribution in [0.1, 0.15) is 16.7 Å². The van der Waals surface area contributed by atoms with Crippen LogP contribution in [0.3, 0.4) is 0 Å². The highest BCUT2D eigenvalue weighted by atomic mass is 16.4. The summed E-state index contributed by atoms with van der Waals surface area (Å²) in [6, 6.07) is 6.28. The second kappa shape index (κ2) is 5.87. The molecule has 4 rings (SSSR count). The van der Waals surface area contributed by atoms with Crippen LogP contribution in [0.15, 0.2) is 43.6 Å². The summed E-state index contributed by atoms with van der Waals surface area (Å²) in [7, 11) is 0. The summed E-state index contributed by atoms with van der Waals surface area (Å²) < 4.78 is 11.0. The van der Waals surface area contributed by atoms with Crippen molar-refractivity contribution in [2.45, 2.75) is 13.8 Å². The van der Waals surface area contributed by atoms with E-state index in [9.17, 15) is 19.5 Å². The van der Waals surface area contributed by atoms with Crippen LogP contribution >= 0.6 is 0 Å². The highest BCUT2D eigenvalue weighted by Crippen LogP contribution is 2.34. The fourth-order valence-corrected chi connectivity index (χ4v) is 2.88. The van der Waals surface area contributed by atoms with Gasteiger partial charge in [0.1, 0.15) is 17.0 Å². The number of imide groups is 1. The molecule has 3 N–H and O–H groups in total. The van der Waals surface area contributed by atoms with E-state index in [0.29, 0.717) is 27.9 Å². The third kappa shape index (κ3) is 2.77. The third-order valence-electron chi connectivity index (χ3n) is 4.35. The van der Waals surface area contributed by atoms with E-state index in [0.717, 1.165) is 0 Å². The molecule has 3 heterocycles. The molecule has 1 aliphatic rings. The van der Waals surface area contributed by atoms with Crippen molar-refractivity contribution in [1.29, 1.82) is 0 Å². The molecule has 2 aromatic heterocycles. The Balaban J connectivity index is 1.79. The van der Waals surface area contributed by atoms with Crippen molar-refractivity contribution in [1.82, 2.24) is 10.6 Å². The van der Waals surface area contributed by atoms with E-state index in [1.807, 2.05) is 0 Å². The summed E-state index contributed by atoms with van der Waals surface area (Å²) in [6.07, 6.45) is 1.54. The van der Waals surface area contributed by atoms with Crippen LogP contribution in [0.5, 0.6) is 5.75 Å². The van der Waals surface area contributed by atoms with Crippen molar-refractivity contribution in [2.24, 2.45) is 0 Å². The van der Waals surface area contributed by atoms with Crippen LogP contribution in [-0.2, 0) is 4.79 Å². The second-order valence-electron chi connectivity index (χ2n) is 6.19. The molecule has 3 amide bonds. The molecule has 8 heteroatoms. The molecule has 3 aromatic rings. The predicted octanol–water partition coefficient (Wildman–Crippen LogP) is 2.56. The van der Waals surface area contributed by atoms with Crippen molar-refractivity contribution in [3.05, 3.63) is 57.1 Å². The van der Waals surface area contributed by atoms with Crippen LogP contribution in [-0.4, -0.2) is 17.0 Å². The van der Waals surface area contributed by atoms with E-state index in [1.165, 1.54) is 13.0 Å². The molecule has 1 aromatic carbocycles. The van der Waals surface area contributed by atoms with Gasteiger partial charge in [0.05, 0.1) is 5.56 Å². The van der Waals surface area contributed by atoms with Crippen LogP contribution < -0.4 is 16.3 Å². The van der Waals surface area contributed by atoms with E-state index in [4.69, 9.17) is 8.83 Å². The maximum atomic E-state index is 11.9. The van der Waals surface area contributed by atoms with Crippen molar-refractivity contribution in [2.75, 3.05) is 0 Å². The predicted molar refractivity (Wildman–Crippen MR) is 96.0 cm³/mol. The van der Waals surface area contributed by atoms with Crippen molar-refractivity contribution in [3.8, 4) is 17.3 Å². The summed E-state index contributed by atoms with van der Waals surface area (Å²) in [6.45, 7) is 3.11. The number of urea groups is 1. The largest absolute Gasteiger partial charge is 0.507 e. The maximum Gasteiger partial charge on any atom is 0.343 e. The van der Waals surface area contributed by atoms with Crippen molar-refractivity contribution in [3.63, 3.8) is 0 Å². The van der Waals surface area contributed by atoms with Gasteiger partial charge in [0.25, 0.3) is 5.91 Å². The molecule has 8 nitrogen and oxygen atoms in total. The fourth-order valence-electron chi connectivity index (χ4n) is 2.88. The summed E-state index contributed by atoms with van der Waals surface area (Å²) in [5.74, 6) is -0.177. The Hall–Kier alpha value is -3.81. The summed E-state index contributed by atoms with van der Waals surface area (Å²) >= 11 is 0. The van der Waals surface area contributed by atoms with Gasteiger partial charge in [-0.3, -0.25) is 10.1 Å². The highest BCUT2D eigenvalue weighted by molar-refractivity contribution is 6.14. The van der Waals surface area contributed by atoms with Gasteiger partial charge >= 0.3 is 11.7 Å². The number of furan rings is 1. The molecule has 0 radical (unpaired) electrons. The first-order chi connectivity index (χ1) is 12.8. The molecule has 0 bridgehead atoms. The zero-order valence-corrected chi connectivity index (χ0v) is 14.4. The van der Waals surface area contributed by atoms with E-state index < -0.39 is 17.6 Å². The number of fused-ring (bicyclic) bond motifs is 1. The third-order valence-corrected chi connectivity index (χ3v) is 4.35. The molecule has 1 aliphatic heterocycles. The van der Waals surface area contributed by atoms with Gasteiger partial charge in [-0.2, -0.15) is 0 Å². The molecular formula is C19H14N2O6. The molecule has 0 spiro atoms. The Bertz CT molecular complexity index is 1210. The number of carbonyl (C=O) groups is 2.